The Kier molecular flexibility index (Phi) is 3.76. The molecule has 2 nitrogen and oxygen atoms in total. The second-order valence-corrected chi connectivity index (χ2v) is 6.41. The number of hydrogen-bond donors (Lipinski definition) is 1. The minimum Gasteiger partial charge on any atom is -0.464 e. The van der Waals surface area contributed by atoms with Crippen LogP contribution in [0.2, 0.25) is 0 Å². The van der Waals surface area contributed by atoms with Gasteiger partial charge in [0.05, 0.1) is 0 Å². The molecule has 3 rings (SSSR count). The third-order valence-corrected chi connectivity index (χ3v) is 5.06. The summed E-state index contributed by atoms with van der Waals surface area (Å²) in [4.78, 5) is 3.00. The lowest BCUT2D eigenvalue weighted by Crippen LogP contribution is -2.20. The summed E-state index contributed by atoms with van der Waals surface area (Å²) in [7, 11) is 0. The average Bonchev–Trinajstić information content (AvgIpc) is 3.01. The van der Waals surface area contributed by atoms with Gasteiger partial charge in [0.15, 0.2) is 0 Å². The molecule has 0 spiro atoms. The molecule has 2 heterocycles. The number of furan rings is 1. The molecule has 102 valence electrons. The lowest BCUT2D eigenvalue weighted by Gasteiger charge is -2.13. The van der Waals surface area contributed by atoms with E-state index in [1.807, 2.05) is 24.3 Å². The van der Waals surface area contributed by atoms with Crippen LogP contribution >= 0.6 is 11.3 Å². The van der Waals surface area contributed by atoms with Crippen LogP contribution in [0.25, 0.3) is 0 Å². The van der Waals surface area contributed by atoms with E-state index in [0.717, 1.165) is 18.1 Å². The SMILES string of the molecule is CCNC(c1ccc(C)o1)c1cc2c(s1)CCCC2. The van der Waals surface area contributed by atoms with E-state index >= 15 is 0 Å². The number of aryl methyl sites for hydroxylation is 3. The lowest BCUT2D eigenvalue weighted by atomic mass is 9.98. The highest BCUT2D eigenvalue weighted by atomic mass is 32.1. The maximum absolute atomic E-state index is 5.83. The number of rotatable bonds is 4. The monoisotopic (exact) mass is 275 g/mol. The lowest BCUT2D eigenvalue weighted by molar-refractivity contribution is 0.437. The van der Waals surface area contributed by atoms with Gasteiger partial charge in [-0.25, -0.2) is 0 Å². The van der Waals surface area contributed by atoms with Crippen LogP contribution in [0.4, 0.5) is 0 Å². The first kappa shape index (κ1) is 12.9. The van der Waals surface area contributed by atoms with Crippen LogP contribution in [-0.2, 0) is 12.8 Å². The van der Waals surface area contributed by atoms with Crippen molar-refractivity contribution in [3.8, 4) is 0 Å². The Hall–Kier alpha value is -1.06. The van der Waals surface area contributed by atoms with Crippen molar-refractivity contribution in [2.45, 2.75) is 45.6 Å². The molecule has 1 aliphatic rings. The summed E-state index contributed by atoms with van der Waals surface area (Å²) in [5.74, 6) is 2.03. The van der Waals surface area contributed by atoms with Crippen LogP contribution in [-0.4, -0.2) is 6.54 Å². The quantitative estimate of drug-likeness (QED) is 0.903. The molecule has 3 heteroatoms. The maximum atomic E-state index is 5.83. The molecule has 0 aromatic carbocycles. The first-order valence-electron chi connectivity index (χ1n) is 7.19. The fourth-order valence-electron chi connectivity index (χ4n) is 2.81. The van der Waals surface area contributed by atoms with Crippen molar-refractivity contribution in [2.24, 2.45) is 0 Å². The van der Waals surface area contributed by atoms with E-state index in [2.05, 4.69) is 24.4 Å². The van der Waals surface area contributed by atoms with Crippen LogP contribution in [0.1, 0.15) is 52.6 Å². The first-order valence-corrected chi connectivity index (χ1v) is 8.00. The van der Waals surface area contributed by atoms with E-state index < -0.39 is 0 Å². The van der Waals surface area contributed by atoms with Crippen molar-refractivity contribution in [2.75, 3.05) is 6.54 Å². The van der Waals surface area contributed by atoms with Gasteiger partial charge in [-0.1, -0.05) is 6.92 Å². The Morgan fingerprint density at radius 3 is 2.84 bits per heavy atom. The summed E-state index contributed by atoms with van der Waals surface area (Å²) in [6, 6.07) is 6.76. The predicted molar refractivity (Wildman–Crippen MR) is 79.9 cm³/mol. The molecule has 1 N–H and O–H groups in total. The third-order valence-electron chi connectivity index (χ3n) is 3.75. The van der Waals surface area contributed by atoms with Crippen LogP contribution in [0.3, 0.4) is 0 Å². The molecule has 0 aliphatic heterocycles. The molecule has 1 atom stereocenters. The Balaban J connectivity index is 1.93. The first-order chi connectivity index (χ1) is 9.28. The fraction of sp³-hybridized carbons (Fsp3) is 0.500. The summed E-state index contributed by atoms with van der Waals surface area (Å²) < 4.78 is 5.83. The standard InChI is InChI=1S/C16H21NOS/c1-3-17-16(13-9-8-11(2)18-13)15-10-12-6-4-5-7-14(12)19-15/h8-10,16-17H,3-7H2,1-2H3. The Labute approximate surface area is 118 Å². The second kappa shape index (κ2) is 5.51. The number of nitrogens with one attached hydrogen (secondary N) is 1. The highest BCUT2D eigenvalue weighted by Crippen LogP contribution is 2.35. The van der Waals surface area contributed by atoms with Crippen LogP contribution in [0.15, 0.2) is 22.6 Å². The Morgan fingerprint density at radius 2 is 2.16 bits per heavy atom. The molecular formula is C16H21NOS. The Bertz CT molecular complexity index is 531. The molecule has 0 bridgehead atoms. The van der Waals surface area contributed by atoms with E-state index in [0.29, 0.717) is 0 Å². The van der Waals surface area contributed by atoms with Gasteiger partial charge in [0, 0.05) is 9.75 Å². The normalized spacial score (nSPS) is 16.3. The van der Waals surface area contributed by atoms with Crippen molar-refractivity contribution in [3.63, 3.8) is 0 Å². The number of thiophene rings is 1. The predicted octanol–water partition coefficient (Wildman–Crippen LogP) is 4.23. The molecular weight excluding hydrogens is 254 g/mol. The van der Waals surface area contributed by atoms with Gasteiger partial charge in [-0.05, 0) is 62.9 Å². The minimum absolute atomic E-state index is 0.217. The topological polar surface area (TPSA) is 25.2 Å². The molecule has 0 radical (unpaired) electrons. The molecule has 1 unspecified atom stereocenters. The molecule has 2 aromatic heterocycles. The van der Waals surface area contributed by atoms with Gasteiger partial charge in [-0.3, -0.25) is 0 Å². The molecule has 0 amide bonds. The van der Waals surface area contributed by atoms with Crippen LogP contribution < -0.4 is 5.32 Å². The van der Waals surface area contributed by atoms with E-state index in [1.165, 1.54) is 30.6 Å². The van der Waals surface area contributed by atoms with Gasteiger partial charge in [0.25, 0.3) is 0 Å². The number of fused-ring (bicyclic) bond motifs is 1. The molecule has 1 aliphatic carbocycles. The minimum atomic E-state index is 0.217. The zero-order valence-corrected chi connectivity index (χ0v) is 12.5. The summed E-state index contributed by atoms with van der Waals surface area (Å²) in [5, 5.41) is 3.55. The van der Waals surface area contributed by atoms with Gasteiger partial charge < -0.3 is 9.73 Å². The van der Waals surface area contributed by atoms with Crippen molar-refractivity contribution in [1.29, 1.82) is 0 Å². The van der Waals surface area contributed by atoms with Gasteiger partial charge in [-0.15, -0.1) is 11.3 Å². The zero-order valence-electron chi connectivity index (χ0n) is 11.7. The van der Waals surface area contributed by atoms with Crippen LogP contribution in [0.5, 0.6) is 0 Å². The number of hydrogen-bond acceptors (Lipinski definition) is 3. The van der Waals surface area contributed by atoms with Crippen LogP contribution in [0, 0.1) is 6.92 Å². The largest absolute Gasteiger partial charge is 0.464 e. The molecule has 2 aromatic rings. The fourth-order valence-corrected chi connectivity index (χ4v) is 4.15. The van der Waals surface area contributed by atoms with Crippen molar-refractivity contribution in [3.05, 3.63) is 45.0 Å². The van der Waals surface area contributed by atoms with E-state index in [-0.39, 0.29) is 6.04 Å². The molecule has 0 fully saturated rings. The summed E-state index contributed by atoms with van der Waals surface area (Å²) >= 11 is 1.96. The zero-order chi connectivity index (χ0) is 13.2. The van der Waals surface area contributed by atoms with Gasteiger partial charge in [0.2, 0.25) is 0 Å². The van der Waals surface area contributed by atoms with Crippen molar-refractivity contribution < 1.29 is 4.42 Å². The van der Waals surface area contributed by atoms with Gasteiger partial charge in [-0.2, -0.15) is 0 Å². The average molecular weight is 275 g/mol. The molecule has 0 saturated carbocycles. The van der Waals surface area contributed by atoms with E-state index in [1.54, 1.807) is 10.4 Å². The smallest absolute Gasteiger partial charge is 0.126 e. The Morgan fingerprint density at radius 1 is 1.32 bits per heavy atom. The summed E-state index contributed by atoms with van der Waals surface area (Å²) in [5.41, 5.74) is 1.57. The van der Waals surface area contributed by atoms with Gasteiger partial charge in [0.1, 0.15) is 17.6 Å². The molecule has 19 heavy (non-hydrogen) atoms. The summed E-state index contributed by atoms with van der Waals surface area (Å²) in [6.07, 6.45) is 5.20. The van der Waals surface area contributed by atoms with Gasteiger partial charge >= 0.3 is 0 Å². The van der Waals surface area contributed by atoms with E-state index in [9.17, 15) is 0 Å². The summed E-state index contributed by atoms with van der Waals surface area (Å²) in [6.45, 7) is 5.11. The van der Waals surface area contributed by atoms with Crippen molar-refractivity contribution in [1.82, 2.24) is 5.32 Å². The highest BCUT2D eigenvalue weighted by Gasteiger charge is 2.22. The highest BCUT2D eigenvalue weighted by molar-refractivity contribution is 7.12. The second-order valence-electron chi connectivity index (χ2n) is 5.24. The van der Waals surface area contributed by atoms with E-state index in [4.69, 9.17) is 4.42 Å². The van der Waals surface area contributed by atoms with Crippen molar-refractivity contribution >= 4 is 11.3 Å². The maximum Gasteiger partial charge on any atom is 0.126 e. The third kappa shape index (κ3) is 2.63. The molecule has 0 saturated heterocycles.